The van der Waals surface area contributed by atoms with Crippen LogP contribution in [0.25, 0.3) is 11.1 Å². The van der Waals surface area contributed by atoms with E-state index in [9.17, 15) is 0 Å². The Balaban J connectivity index is 2.08. The molecule has 0 bridgehead atoms. The molecule has 0 saturated carbocycles. The molecule has 0 saturated heterocycles. The second-order valence-electron chi connectivity index (χ2n) is 6.93. The van der Waals surface area contributed by atoms with Crippen molar-refractivity contribution in [3.8, 4) is 22.6 Å². The van der Waals surface area contributed by atoms with Gasteiger partial charge in [0.1, 0.15) is 11.5 Å². The zero-order chi connectivity index (χ0) is 18.6. The molecule has 0 aliphatic rings. The van der Waals surface area contributed by atoms with E-state index in [1.54, 1.807) is 0 Å². The van der Waals surface area contributed by atoms with Gasteiger partial charge in [-0.05, 0) is 30.9 Å². The third-order valence-corrected chi connectivity index (χ3v) is 4.78. The molecular formula is C23H33NO2. The highest BCUT2D eigenvalue weighted by Crippen LogP contribution is 2.36. The van der Waals surface area contributed by atoms with Crippen LogP contribution >= 0.6 is 0 Å². The van der Waals surface area contributed by atoms with Gasteiger partial charge in [0, 0.05) is 17.3 Å². The van der Waals surface area contributed by atoms with Crippen molar-refractivity contribution < 1.29 is 9.47 Å². The maximum atomic E-state index is 6.10. The lowest BCUT2D eigenvalue weighted by atomic mass is 10.0. The molecule has 1 heterocycles. The Morgan fingerprint density at radius 1 is 0.885 bits per heavy atom. The second-order valence-corrected chi connectivity index (χ2v) is 6.93. The van der Waals surface area contributed by atoms with Crippen LogP contribution < -0.4 is 9.47 Å². The standard InChI is InChI=1S/C23H33NO2/c1-4-6-7-10-16-25-23-18-24-15-13-21(23)20-11-8-9-12-22(20)26-17-14-19(3)5-2/h8-9,11-13,15,18-19H,4-7,10,14,16-17H2,1-3H3. The Hall–Kier alpha value is -2.03. The van der Waals surface area contributed by atoms with Gasteiger partial charge in [0.2, 0.25) is 0 Å². The molecular weight excluding hydrogens is 322 g/mol. The van der Waals surface area contributed by atoms with E-state index >= 15 is 0 Å². The van der Waals surface area contributed by atoms with Crippen molar-refractivity contribution in [3.05, 3.63) is 42.7 Å². The molecule has 0 spiro atoms. The van der Waals surface area contributed by atoms with Gasteiger partial charge in [0.05, 0.1) is 19.4 Å². The third kappa shape index (κ3) is 6.36. The van der Waals surface area contributed by atoms with Crippen molar-refractivity contribution in [2.45, 2.75) is 59.3 Å². The minimum atomic E-state index is 0.685. The fourth-order valence-corrected chi connectivity index (χ4v) is 2.82. The Bertz CT molecular complexity index is 642. The van der Waals surface area contributed by atoms with Crippen molar-refractivity contribution in [2.24, 2.45) is 5.92 Å². The molecule has 1 unspecified atom stereocenters. The van der Waals surface area contributed by atoms with Gasteiger partial charge in [-0.1, -0.05) is 64.7 Å². The molecule has 1 aromatic carbocycles. The lowest BCUT2D eigenvalue weighted by Crippen LogP contribution is -2.04. The SMILES string of the molecule is CCCCCCOc1cnccc1-c1ccccc1OCCC(C)CC. The highest BCUT2D eigenvalue weighted by Gasteiger charge is 2.12. The summed E-state index contributed by atoms with van der Waals surface area (Å²) in [6, 6.07) is 10.2. The number of hydrogen-bond acceptors (Lipinski definition) is 3. The van der Waals surface area contributed by atoms with Gasteiger partial charge in [-0.15, -0.1) is 0 Å². The number of nitrogens with zero attached hydrogens (tertiary/aromatic N) is 1. The molecule has 0 radical (unpaired) electrons. The number of rotatable bonds is 12. The van der Waals surface area contributed by atoms with E-state index in [-0.39, 0.29) is 0 Å². The van der Waals surface area contributed by atoms with Crippen LogP contribution in [0.2, 0.25) is 0 Å². The lowest BCUT2D eigenvalue weighted by Gasteiger charge is -2.16. The molecule has 3 heteroatoms. The molecule has 0 fully saturated rings. The van der Waals surface area contributed by atoms with Gasteiger partial charge >= 0.3 is 0 Å². The van der Waals surface area contributed by atoms with Crippen molar-refractivity contribution in [1.29, 1.82) is 0 Å². The molecule has 1 atom stereocenters. The number of para-hydroxylation sites is 1. The average molecular weight is 356 g/mol. The van der Waals surface area contributed by atoms with Crippen LogP contribution in [0, 0.1) is 5.92 Å². The maximum absolute atomic E-state index is 6.10. The molecule has 0 aliphatic heterocycles. The minimum Gasteiger partial charge on any atom is -0.493 e. The summed E-state index contributed by atoms with van der Waals surface area (Å²) in [5.74, 6) is 2.44. The van der Waals surface area contributed by atoms with E-state index < -0.39 is 0 Å². The largest absolute Gasteiger partial charge is 0.493 e. The quantitative estimate of drug-likeness (QED) is 0.406. The first-order chi connectivity index (χ1) is 12.8. The van der Waals surface area contributed by atoms with Gasteiger partial charge in [0.25, 0.3) is 0 Å². The van der Waals surface area contributed by atoms with Crippen LogP contribution in [-0.4, -0.2) is 18.2 Å². The molecule has 0 aliphatic carbocycles. The monoisotopic (exact) mass is 355 g/mol. The third-order valence-electron chi connectivity index (χ3n) is 4.78. The summed E-state index contributed by atoms with van der Waals surface area (Å²) in [5, 5.41) is 0. The molecule has 2 rings (SSSR count). The van der Waals surface area contributed by atoms with Crippen molar-refractivity contribution >= 4 is 0 Å². The van der Waals surface area contributed by atoms with Crippen LogP contribution in [0.3, 0.4) is 0 Å². The lowest BCUT2D eigenvalue weighted by molar-refractivity contribution is 0.282. The van der Waals surface area contributed by atoms with Crippen LogP contribution in [0.1, 0.15) is 59.3 Å². The summed E-state index contributed by atoms with van der Waals surface area (Å²) < 4.78 is 12.1. The van der Waals surface area contributed by atoms with E-state index in [0.29, 0.717) is 5.92 Å². The normalized spacial score (nSPS) is 12.0. The molecule has 26 heavy (non-hydrogen) atoms. The van der Waals surface area contributed by atoms with E-state index in [4.69, 9.17) is 9.47 Å². The number of aromatic nitrogens is 1. The molecule has 0 amide bonds. The van der Waals surface area contributed by atoms with E-state index in [1.165, 1.54) is 25.7 Å². The predicted octanol–water partition coefficient (Wildman–Crippen LogP) is 6.52. The van der Waals surface area contributed by atoms with E-state index in [0.717, 1.165) is 48.7 Å². The summed E-state index contributed by atoms with van der Waals surface area (Å²) in [4.78, 5) is 4.25. The summed E-state index contributed by atoms with van der Waals surface area (Å²) in [5.41, 5.74) is 2.12. The van der Waals surface area contributed by atoms with Gasteiger partial charge in [-0.3, -0.25) is 4.98 Å². The van der Waals surface area contributed by atoms with Crippen LogP contribution in [0.15, 0.2) is 42.7 Å². The number of pyridine rings is 1. The Labute approximate surface area is 158 Å². The Morgan fingerprint density at radius 2 is 1.65 bits per heavy atom. The second kappa shape index (κ2) is 11.6. The van der Waals surface area contributed by atoms with Gasteiger partial charge in [-0.2, -0.15) is 0 Å². The number of hydrogen-bond donors (Lipinski definition) is 0. The van der Waals surface area contributed by atoms with Crippen molar-refractivity contribution in [2.75, 3.05) is 13.2 Å². The van der Waals surface area contributed by atoms with Crippen LogP contribution in [0.4, 0.5) is 0 Å². The molecule has 142 valence electrons. The molecule has 2 aromatic rings. The fourth-order valence-electron chi connectivity index (χ4n) is 2.82. The number of ether oxygens (including phenoxy) is 2. The van der Waals surface area contributed by atoms with E-state index in [2.05, 4.69) is 31.8 Å². The summed E-state index contributed by atoms with van der Waals surface area (Å²) >= 11 is 0. The highest BCUT2D eigenvalue weighted by atomic mass is 16.5. The molecule has 3 nitrogen and oxygen atoms in total. The van der Waals surface area contributed by atoms with Gasteiger partial charge in [-0.25, -0.2) is 0 Å². The molecule has 1 aromatic heterocycles. The zero-order valence-electron chi connectivity index (χ0n) is 16.5. The number of unbranched alkanes of at least 4 members (excludes halogenated alkanes) is 3. The first kappa shape index (κ1) is 20.3. The maximum Gasteiger partial charge on any atom is 0.145 e. The fraction of sp³-hybridized carbons (Fsp3) is 0.522. The Kier molecular flexibility index (Phi) is 9.02. The van der Waals surface area contributed by atoms with Gasteiger partial charge < -0.3 is 9.47 Å². The predicted molar refractivity (Wildman–Crippen MR) is 109 cm³/mol. The first-order valence-electron chi connectivity index (χ1n) is 10.0. The average Bonchev–Trinajstić information content (AvgIpc) is 2.68. The first-order valence-corrected chi connectivity index (χ1v) is 10.0. The summed E-state index contributed by atoms with van der Waals surface area (Å²) in [6.07, 6.45) is 10.7. The number of benzene rings is 1. The van der Waals surface area contributed by atoms with Crippen molar-refractivity contribution in [3.63, 3.8) is 0 Å². The van der Waals surface area contributed by atoms with E-state index in [1.807, 2.05) is 36.7 Å². The van der Waals surface area contributed by atoms with Gasteiger partial charge in [0.15, 0.2) is 0 Å². The van der Waals surface area contributed by atoms with Crippen LogP contribution in [0.5, 0.6) is 11.5 Å². The minimum absolute atomic E-state index is 0.685. The highest BCUT2D eigenvalue weighted by molar-refractivity contribution is 5.75. The summed E-state index contributed by atoms with van der Waals surface area (Å²) in [6.45, 7) is 8.18. The Morgan fingerprint density at radius 3 is 2.46 bits per heavy atom. The van der Waals surface area contributed by atoms with Crippen molar-refractivity contribution in [1.82, 2.24) is 4.98 Å². The molecule has 0 N–H and O–H groups in total. The smallest absolute Gasteiger partial charge is 0.145 e. The zero-order valence-corrected chi connectivity index (χ0v) is 16.5. The topological polar surface area (TPSA) is 31.4 Å². The summed E-state index contributed by atoms with van der Waals surface area (Å²) in [7, 11) is 0. The van der Waals surface area contributed by atoms with Crippen LogP contribution in [-0.2, 0) is 0 Å².